The molecule has 0 aliphatic rings. The summed E-state index contributed by atoms with van der Waals surface area (Å²) in [7, 11) is 0. The monoisotopic (exact) mass is 203 g/mol. The smallest absolute Gasteiger partial charge is 0.238 e. The molecule has 0 fully saturated rings. The highest BCUT2D eigenvalue weighted by Crippen LogP contribution is 2.26. The van der Waals surface area contributed by atoms with Crippen molar-refractivity contribution >= 4 is 5.69 Å². The van der Waals surface area contributed by atoms with Gasteiger partial charge in [0.25, 0.3) is 0 Å². The summed E-state index contributed by atoms with van der Waals surface area (Å²) in [6.45, 7) is 3.90. The van der Waals surface area contributed by atoms with E-state index in [1.54, 1.807) is 0 Å². The van der Waals surface area contributed by atoms with Crippen LogP contribution in [-0.4, -0.2) is 10.2 Å². The van der Waals surface area contributed by atoms with E-state index in [1.165, 1.54) is 0 Å². The number of hydrogen-bond acceptors (Lipinski definition) is 3. The molecule has 4 heteroatoms. The zero-order valence-electron chi connectivity index (χ0n) is 8.74. The first-order valence-corrected chi connectivity index (χ1v) is 4.71. The minimum Gasteiger partial charge on any atom is -0.435 e. The number of aryl methyl sites for hydroxylation is 2. The number of nitrogens with one attached hydrogen (secondary N) is 1. The normalized spacial score (nSPS) is 10.3. The second-order valence-electron chi connectivity index (χ2n) is 3.53. The number of ether oxygens (including phenoxy) is 1. The summed E-state index contributed by atoms with van der Waals surface area (Å²) in [5.41, 5.74) is 8.50. The van der Waals surface area contributed by atoms with Crippen LogP contribution in [-0.2, 0) is 0 Å². The maximum Gasteiger partial charge on any atom is 0.238 e. The van der Waals surface area contributed by atoms with Crippen molar-refractivity contribution in [1.82, 2.24) is 10.2 Å². The number of rotatable bonds is 2. The van der Waals surface area contributed by atoms with Gasteiger partial charge in [0.15, 0.2) is 5.75 Å². The number of aromatic nitrogens is 2. The third-order valence-electron chi connectivity index (χ3n) is 2.06. The van der Waals surface area contributed by atoms with Gasteiger partial charge in [-0.05, 0) is 31.5 Å². The van der Waals surface area contributed by atoms with Crippen molar-refractivity contribution in [3.63, 3.8) is 0 Å². The second-order valence-corrected chi connectivity index (χ2v) is 3.53. The van der Waals surface area contributed by atoms with Crippen LogP contribution in [0.1, 0.15) is 11.3 Å². The van der Waals surface area contributed by atoms with Crippen molar-refractivity contribution in [1.29, 1.82) is 0 Å². The molecule has 0 saturated carbocycles. The molecule has 2 rings (SSSR count). The molecule has 78 valence electrons. The van der Waals surface area contributed by atoms with Crippen LogP contribution in [0.15, 0.2) is 24.3 Å². The molecular formula is C11H13N3O. The summed E-state index contributed by atoms with van der Waals surface area (Å²) >= 11 is 0. The average Bonchev–Trinajstić information content (AvgIpc) is 2.56. The van der Waals surface area contributed by atoms with E-state index < -0.39 is 0 Å². The number of H-pyrrole nitrogens is 1. The minimum atomic E-state index is 0.531. The largest absolute Gasteiger partial charge is 0.435 e. The number of aromatic amines is 1. The number of nitrogens with zero attached hydrogens (tertiary/aromatic N) is 1. The summed E-state index contributed by atoms with van der Waals surface area (Å²) in [6.07, 6.45) is 0. The number of nitrogen functional groups attached to an aromatic ring is 1. The Kier molecular flexibility index (Phi) is 2.33. The molecule has 1 aromatic carbocycles. The van der Waals surface area contributed by atoms with Gasteiger partial charge in [0, 0.05) is 11.8 Å². The van der Waals surface area contributed by atoms with E-state index in [-0.39, 0.29) is 0 Å². The highest BCUT2D eigenvalue weighted by molar-refractivity contribution is 5.55. The van der Waals surface area contributed by atoms with Crippen molar-refractivity contribution in [2.75, 3.05) is 5.73 Å². The van der Waals surface area contributed by atoms with Crippen LogP contribution in [0.25, 0.3) is 0 Å². The van der Waals surface area contributed by atoms with Crippen LogP contribution in [0.3, 0.4) is 0 Å². The Morgan fingerprint density at radius 2 is 2.07 bits per heavy atom. The molecule has 1 aromatic heterocycles. The number of hydrogen-bond donors (Lipinski definition) is 2. The first-order valence-electron chi connectivity index (χ1n) is 4.71. The summed E-state index contributed by atoms with van der Waals surface area (Å²) < 4.78 is 5.52. The van der Waals surface area contributed by atoms with Crippen LogP contribution in [0, 0.1) is 13.8 Å². The van der Waals surface area contributed by atoms with Gasteiger partial charge in [-0.1, -0.05) is 6.07 Å². The predicted octanol–water partition coefficient (Wildman–Crippen LogP) is 2.40. The van der Waals surface area contributed by atoms with Gasteiger partial charge in [-0.2, -0.15) is 0 Å². The third-order valence-corrected chi connectivity index (χ3v) is 2.06. The van der Waals surface area contributed by atoms with E-state index in [0.29, 0.717) is 17.3 Å². The molecule has 0 amide bonds. The molecule has 0 atom stereocenters. The first kappa shape index (κ1) is 9.58. The van der Waals surface area contributed by atoms with E-state index in [4.69, 9.17) is 10.5 Å². The van der Waals surface area contributed by atoms with Gasteiger partial charge in [-0.3, -0.25) is 5.10 Å². The van der Waals surface area contributed by atoms with Gasteiger partial charge in [-0.15, -0.1) is 5.10 Å². The molecular weight excluding hydrogens is 190 g/mol. The molecule has 4 nitrogen and oxygen atoms in total. The fourth-order valence-corrected chi connectivity index (χ4v) is 1.32. The second kappa shape index (κ2) is 3.65. The Labute approximate surface area is 88.1 Å². The lowest BCUT2D eigenvalue weighted by Gasteiger charge is -2.05. The molecule has 2 aromatic rings. The van der Waals surface area contributed by atoms with Gasteiger partial charge in [0.2, 0.25) is 5.88 Å². The first-order chi connectivity index (χ1) is 7.15. The van der Waals surface area contributed by atoms with Gasteiger partial charge in [0.1, 0.15) is 0 Å². The standard InChI is InChI=1S/C11H13N3O/c1-7-3-4-10(9(12)5-7)15-11-6-8(2)13-14-11/h3-6H,12H2,1-2H3,(H,13,14). The maximum absolute atomic E-state index is 5.81. The molecule has 0 bridgehead atoms. The van der Waals surface area contributed by atoms with Gasteiger partial charge in [-0.25, -0.2) is 0 Å². The van der Waals surface area contributed by atoms with Crippen LogP contribution in [0.2, 0.25) is 0 Å². The van der Waals surface area contributed by atoms with Crippen molar-refractivity contribution in [3.05, 3.63) is 35.5 Å². The van der Waals surface area contributed by atoms with Gasteiger partial charge >= 0.3 is 0 Å². The predicted molar refractivity (Wildman–Crippen MR) is 59.0 cm³/mol. The molecule has 1 heterocycles. The van der Waals surface area contributed by atoms with Crippen molar-refractivity contribution in [3.8, 4) is 11.6 Å². The Morgan fingerprint density at radius 3 is 2.67 bits per heavy atom. The van der Waals surface area contributed by atoms with Gasteiger partial charge < -0.3 is 10.5 Å². The molecule has 0 saturated heterocycles. The Morgan fingerprint density at radius 1 is 1.27 bits per heavy atom. The van der Waals surface area contributed by atoms with Crippen LogP contribution in [0.5, 0.6) is 11.6 Å². The Hall–Kier alpha value is -1.97. The van der Waals surface area contributed by atoms with Crippen LogP contribution >= 0.6 is 0 Å². The molecule has 0 spiro atoms. The third kappa shape index (κ3) is 2.10. The van der Waals surface area contributed by atoms with Crippen LogP contribution in [0.4, 0.5) is 5.69 Å². The Bertz CT molecular complexity index is 476. The average molecular weight is 203 g/mol. The van der Waals surface area contributed by atoms with Crippen molar-refractivity contribution in [2.45, 2.75) is 13.8 Å². The lowest BCUT2D eigenvalue weighted by molar-refractivity contribution is 0.463. The van der Waals surface area contributed by atoms with Crippen molar-refractivity contribution in [2.24, 2.45) is 0 Å². The summed E-state index contributed by atoms with van der Waals surface area (Å²) in [4.78, 5) is 0. The van der Waals surface area contributed by atoms with E-state index in [9.17, 15) is 0 Å². The van der Waals surface area contributed by atoms with Gasteiger partial charge in [0.05, 0.1) is 5.69 Å². The fraction of sp³-hybridized carbons (Fsp3) is 0.182. The van der Waals surface area contributed by atoms with E-state index in [0.717, 1.165) is 11.3 Å². The number of nitrogens with two attached hydrogens (primary N) is 1. The molecule has 0 aliphatic heterocycles. The Balaban J connectivity index is 2.24. The van der Waals surface area contributed by atoms with Crippen molar-refractivity contribution < 1.29 is 4.74 Å². The topological polar surface area (TPSA) is 63.9 Å². The van der Waals surface area contributed by atoms with E-state index >= 15 is 0 Å². The lowest BCUT2D eigenvalue weighted by atomic mass is 10.2. The molecule has 3 N–H and O–H groups in total. The highest BCUT2D eigenvalue weighted by atomic mass is 16.5. The van der Waals surface area contributed by atoms with E-state index in [1.807, 2.05) is 38.1 Å². The highest BCUT2D eigenvalue weighted by Gasteiger charge is 2.04. The lowest BCUT2D eigenvalue weighted by Crippen LogP contribution is -1.92. The summed E-state index contributed by atoms with van der Waals surface area (Å²) in [5.74, 6) is 1.16. The summed E-state index contributed by atoms with van der Waals surface area (Å²) in [5, 5.41) is 6.78. The number of benzene rings is 1. The molecule has 0 unspecified atom stereocenters. The molecule has 0 radical (unpaired) electrons. The quantitative estimate of drug-likeness (QED) is 0.736. The van der Waals surface area contributed by atoms with E-state index in [2.05, 4.69) is 10.2 Å². The van der Waals surface area contributed by atoms with Crippen LogP contribution < -0.4 is 10.5 Å². The number of anilines is 1. The minimum absolute atomic E-state index is 0.531. The summed E-state index contributed by atoms with van der Waals surface area (Å²) in [6, 6.07) is 7.48. The maximum atomic E-state index is 5.81. The SMILES string of the molecule is Cc1ccc(Oc2cc(C)[nH]n2)c(N)c1. The zero-order chi connectivity index (χ0) is 10.8. The molecule has 15 heavy (non-hydrogen) atoms. The fourth-order valence-electron chi connectivity index (χ4n) is 1.32. The molecule has 0 aliphatic carbocycles. The zero-order valence-corrected chi connectivity index (χ0v) is 8.74.